The van der Waals surface area contributed by atoms with Crippen molar-refractivity contribution < 1.29 is 23.1 Å². The van der Waals surface area contributed by atoms with Gasteiger partial charge in [-0.1, -0.05) is 24.3 Å². The molecule has 172 valence electrons. The monoisotopic (exact) mass is 454 g/mol. The molecule has 7 heteroatoms. The van der Waals surface area contributed by atoms with Crippen molar-refractivity contribution in [1.29, 1.82) is 0 Å². The summed E-state index contributed by atoms with van der Waals surface area (Å²) >= 11 is 0. The first kappa shape index (κ1) is 22.8. The van der Waals surface area contributed by atoms with Crippen LogP contribution in [0.15, 0.2) is 66.9 Å². The van der Waals surface area contributed by atoms with E-state index in [1.165, 1.54) is 17.7 Å². The van der Waals surface area contributed by atoms with E-state index in [1.807, 2.05) is 24.3 Å². The van der Waals surface area contributed by atoms with Gasteiger partial charge >= 0.3 is 12.1 Å². The fraction of sp³-hybridized carbons (Fsp3) is 0.308. The van der Waals surface area contributed by atoms with Gasteiger partial charge in [0, 0.05) is 17.7 Å². The SMILES string of the molecule is O=C(O)CC1CCC(c2ccc(-c3ccc(Nc4ccc(C(F)(F)F)cc4)cn3)cc2)CC1. The normalized spacial score (nSPS) is 18.6. The molecule has 1 aliphatic rings. The van der Waals surface area contributed by atoms with Gasteiger partial charge in [0.05, 0.1) is 23.1 Å². The lowest BCUT2D eigenvalue weighted by molar-refractivity contribution is -0.139. The fourth-order valence-corrected chi connectivity index (χ4v) is 4.42. The Morgan fingerprint density at radius 3 is 2.09 bits per heavy atom. The maximum absolute atomic E-state index is 12.7. The summed E-state index contributed by atoms with van der Waals surface area (Å²) in [6.07, 6.45) is 1.50. The van der Waals surface area contributed by atoms with Gasteiger partial charge in [0.2, 0.25) is 0 Å². The van der Waals surface area contributed by atoms with Gasteiger partial charge in [-0.2, -0.15) is 13.2 Å². The molecular weight excluding hydrogens is 429 g/mol. The molecule has 0 aliphatic heterocycles. The second-order valence-corrected chi connectivity index (χ2v) is 8.57. The minimum Gasteiger partial charge on any atom is -0.481 e. The van der Waals surface area contributed by atoms with E-state index >= 15 is 0 Å². The summed E-state index contributed by atoms with van der Waals surface area (Å²) in [6, 6.07) is 16.9. The van der Waals surface area contributed by atoms with Gasteiger partial charge in [-0.3, -0.25) is 9.78 Å². The number of pyridine rings is 1. The Balaban J connectivity index is 1.36. The smallest absolute Gasteiger partial charge is 0.416 e. The first-order chi connectivity index (χ1) is 15.8. The number of nitrogens with one attached hydrogen (secondary N) is 1. The number of aliphatic carboxylic acids is 1. The van der Waals surface area contributed by atoms with Crippen LogP contribution in [0.25, 0.3) is 11.3 Å². The summed E-state index contributed by atoms with van der Waals surface area (Å²) < 4.78 is 38.1. The number of rotatable bonds is 6. The molecular formula is C26H25F3N2O2. The molecule has 0 amide bonds. The van der Waals surface area contributed by atoms with Crippen LogP contribution in [0.4, 0.5) is 24.5 Å². The second kappa shape index (κ2) is 9.65. The topological polar surface area (TPSA) is 62.2 Å². The Labute approximate surface area is 190 Å². The first-order valence-corrected chi connectivity index (χ1v) is 11.0. The van der Waals surface area contributed by atoms with Crippen LogP contribution in [0.2, 0.25) is 0 Å². The highest BCUT2D eigenvalue weighted by molar-refractivity contribution is 5.67. The number of carboxylic acid groups (broad SMARTS) is 1. The largest absolute Gasteiger partial charge is 0.481 e. The number of benzene rings is 2. The van der Waals surface area contributed by atoms with E-state index in [0.29, 0.717) is 17.3 Å². The predicted octanol–water partition coefficient (Wildman–Crippen LogP) is 7.26. The Bertz CT molecular complexity index is 1070. The predicted molar refractivity (Wildman–Crippen MR) is 121 cm³/mol. The van der Waals surface area contributed by atoms with Crippen LogP contribution in [0.3, 0.4) is 0 Å². The Morgan fingerprint density at radius 1 is 0.909 bits per heavy atom. The Morgan fingerprint density at radius 2 is 1.55 bits per heavy atom. The lowest BCUT2D eigenvalue weighted by atomic mass is 9.77. The highest BCUT2D eigenvalue weighted by Gasteiger charge is 2.30. The van der Waals surface area contributed by atoms with E-state index in [9.17, 15) is 18.0 Å². The molecule has 4 rings (SSSR count). The molecule has 0 unspecified atom stereocenters. The van der Waals surface area contributed by atoms with Crippen LogP contribution in [0.5, 0.6) is 0 Å². The maximum atomic E-state index is 12.7. The summed E-state index contributed by atoms with van der Waals surface area (Å²) in [5, 5.41) is 12.0. The van der Waals surface area contributed by atoms with Gasteiger partial charge in [-0.25, -0.2) is 0 Å². The number of carboxylic acids is 1. The van der Waals surface area contributed by atoms with Crippen molar-refractivity contribution in [2.45, 2.75) is 44.2 Å². The zero-order chi connectivity index (χ0) is 23.4. The lowest BCUT2D eigenvalue weighted by Crippen LogP contribution is -2.16. The third kappa shape index (κ3) is 5.92. The molecule has 2 aromatic carbocycles. The first-order valence-electron chi connectivity index (χ1n) is 11.0. The molecule has 2 N–H and O–H groups in total. The third-order valence-corrected chi connectivity index (χ3v) is 6.25. The molecule has 1 fully saturated rings. The number of anilines is 2. The number of carbonyl (C=O) groups is 1. The summed E-state index contributed by atoms with van der Waals surface area (Å²) in [6.45, 7) is 0. The maximum Gasteiger partial charge on any atom is 0.416 e. The number of hydrogen-bond acceptors (Lipinski definition) is 3. The third-order valence-electron chi connectivity index (χ3n) is 6.25. The van der Waals surface area contributed by atoms with Crippen LogP contribution in [0, 0.1) is 5.92 Å². The minimum atomic E-state index is -4.35. The highest BCUT2D eigenvalue weighted by Crippen LogP contribution is 2.37. The fourth-order valence-electron chi connectivity index (χ4n) is 4.42. The molecule has 0 radical (unpaired) electrons. The van der Waals surface area contributed by atoms with Crippen LogP contribution in [0.1, 0.15) is 49.1 Å². The van der Waals surface area contributed by atoms with Gasteiger partial charge in [-0.05, 0) is 79.5 Å². The summed E-state index contributed by atoms with van der Waals surface area (Å²) in [5.74, 6) is 0.0418. The van der Waals surface area contributed by atoms with E-state index in [-0.39, 0.29) is 12.3 Å². The average Bonchev–Trinajstić information content (AvgIpc) is 2.80. The second-order valence-electron chi connectivity index (χ2n) is 8.57. The molecule has 0 saturated heterocycles. The van der Waals surface area contributed by atoms with Gasteiger partial charge in [-0.15, -0.1) is 0 Å². The van der Waals surface area contributed by atoms with Crippen molar-refractivity contribution in [2.24, 2.45) is 5.92 Å². The van der Waals surface area contributed by atoms with Gasteiger partial charge in [0.15, 0.2) is 0 Å². The molecule has 1 heterocycles. The number of alkyl halides is 3. The van der Waals surface area contributed by atoms with Crippen LogP contribution >= 0.6 is 0 Å². The van der Waals surface area contributed by atoms with Crippen LogP contribution < -0.4 is 5.32 Å². The lowest BCUT2D eigenvalue weighted by Gasteiger charge is -2.28. The Hall–Kier alpha value is -3.35. The number of halogens is 3. The highest BCUT2D eigenvalue weighted by atomic mass is 19.4. The minimum absolute atomic E-state index is 0.265. The van der Waals surface area contributed by atoms with Crippen molar-refractivity contribution in [1.82, 2.24) is 4.98 Å². The van der Waals surface area contributed by atoms with E-state index < -0.39 is 17.7 Å². The number of hydrogen-bond donors (Lipinski definition) is 2. The zero-order valence-electron chi connectivity index (χ0n) is 18.0. The van der Waals surface area contributed by atoms with Gasteiger partial charge < -0.3 is 10.4 Å². The molecule has 0 bridgehead atoms. The van der Waals surface area contributed by atoms with Crippen LogP contribution in [-0.2, 0) is 11.0 Å². The summed E-state index contributed by atoms with van der Waals surface area (Å²) in [5.41, 5.74) is 3.63. The number of aromatic nitrogens is 1. The Kier molecular flexibility index (Phi) is 6.67. The summed E-state index contributed by atoms with van der Waals surface area (Å²) in [7, 11) is 0. The number of nitrogens with zero attached hydrogens (tertiary/aromatic N) is 1. The molecule has 3 aromatic rings. The van der Waals surface area contributed by atoms with E-state index in [1.54, 1.807) is 6.20 Å². The van der Waals surface area contributed by atoms with E-state index in [2.05, 4.69) is 22.4 Å². The van der Waals surface area contributed by atoms with E-state index in [0.717, 1.165) is 49.1 Å². The molecule has 33 heavy (non-hydrogen) atoms. The average molecular weight is 454 g/mol. The van der Waals surface area contributed by atoms with Crippen molar-refractivity contribution >= 4 is 17.3 Å². The van der Waals surface area contributed by atoms with Gasteiger partial charge in [0.25, 0.3) is 0 Å². The molecule has 0 atom stereocenters. The summed E-state index contributed by atoms with van der Waals surface area (Å²) in [4.78, 5) is 15.4. The van der Waals surface area contributed by atoms with Crippen molar-refractivity contribution in [3.63, 3.8) is 0 Å². The van der Waals surface area contributed by atoms with Crippen molar-refractivity contribution in [2.75, 3.05) is 5.32 Å². The van der Waals surface area contributed by atoms with Crippen LogP contribution in [-0.4, -0.2) is 16.1 Å². The van der Waals surface area contributed by atoms with E-state index in [4.69, 9.17) is 5.11 Å². The molecule has 4 nitrogen and oxygen atoms in total. The standard InChI is InChI=1S/C26H25F3N2O2/c27-26(28,29)21-9-11-22(12-10-21)31-23-13-14-24(30-16-23)20-7-5-19(6-8-20)18-3-1-17(2-4-18)15-25(32)33/h5-14,16-18,31H,1-4,15H2,(H,32,33). The quantitative estimate of drug-likeness (QED) is 0.411. The van der Waals surface area contributed by atoms with Gasteiger partial charge in [0.1, 0.15) is 0 Å². The molecule has 1 aliphatic carbocycles. The molecule has 0 spiro atoms. The van der Waals surface area contributed by atoms with Crippen molar-refractivity contribution in [3.8, 4) is 11.3 Å². The zero-order valence-corrected chi connectivity index (χ0v) is 18.0. The molecule has 1 aromatic heterocycles. The van der Waals surface area contributed by atoms with Crippen molar-refractivity contribution in [3.05, 3.63) is 78.0 Å². The molecule has 1 saturated carbocycles.